The molecule has 3 heterocycles. The van der Waals surface area contributed by atoms with Crippen molar-refractivity contribution in [3.63, 3.8) is 0 Å². The largest absolute Gasteiger partial charge is 0.377 e. The zero-order valence-electron chi connectivity index (χ0n) is 14.4. The maximum absolute atomic E-state index is 12.9. The maximum atomic E-state index is 12.9. The summed E-state index contributed by atoms with van der Waals surface area (Å²) in [5.74, 6) is 0. The Bertz CT molecular complexity index is 916. The van der Waals surface area contributed by atoms with Crippen LogP contribution >= 0.6 is 11.3 Å². The Kier molecular flexibility index (Phi) is 4.82. The summed E-state index contributed by atoms with van der Waals surface area (Å²) in [5, 5.41) is 0.948. The molecule has 0 spiro atoms. The summed E-state index contributed by atoms with van der Waals surface area (Å²) in [5.41, 5.74) is 1.74. The fourth-order valence-corrected chi connectivity index (χ4v) is 3.89. The number of hydrogen-bond acceptors (Lipinski definition) is 6. The minimum atomic E-state index is -0.0224. The van der Waals surface area contributed by atoms with E-state index in [2.05, 4.69) is 16.9 Å². The molecule has 0 aliphatic heterocycles. The van der Waals surface area contributed by atoms with Crippen LogP contribution in [0.4, 0.5) is 5.69 Å². The highest BCUT2D eigenvalue weighted by Crippen LogP contribution is 2.34. The van der Waals surface area contributed by atoms with Crippen LogP contribution in [0.15, 0.2) is 23.4 Å². The van der Waals surface area contributed by atoms with Crippen molar-refractivity contribution < 1.29 is 4.74 Å². The van der Waals surface area contributed by atoms with Crippen LogP contribution in [0.2, 0.25) is 0 Å². The molecule has 0 aliphatic carbocycles. The van der Waals surface area contributed by atoms with Crippen molar-refractivity contribution in [3.05, 3.63) is 28.9 Å². The molecule has 1 atom stereocenters. The van der Waals surface area contributed by atoms with E-state index in [1.165, 1.54) is 11.3 Å². The molecule has 3 aromatic rings. The smallest absolute Gasteiger partial charge is 0.271 e. The number of fused-ring (bicyclic) bond motifs is 3. The normalized spacial score (nSPS) is 12.8. The van der Waals surface area contributed by atoms with E-state index in [0.29, 0.717) is 17.9 Å². The van der Waals surface area contributed by atoms with Crippen LogP contribution in [0.3, 0.4) is 0 Å². The standard InChI is InChI=1S/C17H22N4O2S/c1-5-11(23-6-2)9-21-10-19-14-13-12(20(3)4)7-8-18-16(13)24-15(14)17(21)22/h7-8,10-11H,5-6,9H2,1-4H3. The number of thiophene rings is 1. The number of aromatic nitrogens is 3. The lowest BCUT2D eigenvalue weighted by molar-refractivity contribution is 0.0472. The van der Waals surface area contributed by atoms with Gasteiger partial charge in [0, 0.05) is 26.9 Å². The second-order valence-corrected chi connectivity index (χ2v) is 6.87. The number of pyridine rings is 1. The quantitative estimate of drug-likeness (QED) is 0.687. The highest BCUT2D eigenvalue weighted by molar-refractivity contribution is 7.25. The molecule has 1 unspecified atom stereocenters. The lowest BCUT2D eigenvalue weighted by Crippen LogP contribution is -2.28. The molecule has 0 saturated heterocycles. The molecule has 6 nitrogen and oxygen atoms in total. The van der Waals surface area contributed by atoms with E-state index in [9.17, 15) is 4.79 Å². The Hall–Kier alpha value is -1.99. The van der Waals surface area contributed by atoms with Gasteiger partial charge in [-0.3, -0.25) is 9.36 Å². The maximum Gasteiger partial charge on any atom is 0.271 e. The van der Waals surface area contributed by atoms with E-state index in [0.717, 1.165) is 27.8 Å². The predicted molar refractivity (Wildman–Crippen MR) is 99.2 cm³/mol. The summed E-state index contributed by atoms with van der Waals surface area (Å²) in [6.45, 7) is 5.19. The lowest BCUT2D eigenvalue weighted by Gasteiger charge is -2.16. The van der Waals surface area contributed by atoms with Crippen molar-refractivity contribution in [2.24, 2.45) is 0 Å². The molecule has 0 amide bonds. The molecule has 0 N–H and O–H groups in total. The van der Waals surface area contributed by atoms with Crippen LogP contribution in [0.25, 0.3) is 20.4 Å². The molecular weight excluding hydrogens is 324 g/mol. The fraction of sp³-hybridized carbons (Fsp3) is 0.471. The third-order valence-corrected chi connectivity index (χ3v) is 5.14. The SMILES string of the molecule is CCOC(CC)Cn1cnc2c(sc3nccc(N(C)C)c32)c1=O. The van der Waals surface area contributed by atoms with Crippen LogP contribution in [0.1, 0.15) is 20.3 Å². The summed E-state index contributed by atoms with van der Waals surface area (Å²) in [4.78, 5) is 24.7. The second-order valence-electron chi connectivity index (χ2n) is 5.87. The molecule has 0 aromatic carbocycles. The van der Waals surface area contributed by atoms with Gasteiger partial charge in [0.05, 0.1) is 35.6 Å². The van der Waals surface area contributed by atoms with Crippen LogP contribution in [-0.2, 0) is 11.3 Å². The van der Waals surface area contributed by atoms with Crippen molar-refractivity contribution in [1.29, 1.82) is 0 Å². The number of hydrogen-bond donors (Lipinski definition) is 0. The highest BCUT2D eigenvalue weighted by atomic mass is 32.1. The van der Waals surface area contributed by atoms with Gasteiger partial charge >= 0.3 is 0 Å². The summed E-state index contributed by atoms with van der Waals surface area (Å²) in [6, 6.07) is 1.95. The van der Waals surface area contributed by atoms with Crippen molar-refractivity contribution in [1.82, 2.24) is 14.5 Å². The molecular formula is C17H22N4O2S. The van der Waals surface area contributed by atoms with E-state index in [1.54, 1.807) is 17.1 Å². The third-order valence-electron chi connectivity index (χ3n) is 4.07. The van der Waals surface area contributed by atoms with Crippen LogP contribution < -0.4 is 10.5 Å². The molecule has 0 radical (unpaired) electrons. The molecule has 0 bridgehead atoms. The van der Waals surface area contributed by atoms with Gasteiger partial charge in [0.1, 0.15) is 9.53 Å². The molecule has 24 heavy (non-hydrogen) atoms. The second kappa shape index (κ2) is 6.86. The Labute approximate surface area is 144 Å². The number of rotatable bonds is 6. The van der Waals surface area contributed by atoms with Gasteiger partial charge in [-0.2, -0.15) is 0 Å². The Morgan fingerprint density at radius 3 is 2.79 bits per heavy atom. The van der Waals surface area contributed by atoms with Crippen LogP contribution in [-0.4, -0.2) is 41.3 Å². The van der Waals surface area contributed by atoms with Crippen LogP contribution in [0.5, 0.6) is 0 Å². The molecule has 0 saturated carbocycles. The van der Waals surface area contributed by atoms with Gasteiger partial charge in [-0.1, -0.05) is 6.92 Å². The first kappa shape index (κ1) is 16.9. The number of anilines is 1. The minimum absolute atomic E-state index is 0.0224. The van der Waals surface area contributed by atoms with Crippen molar-refractivity contribution >= 4 is 37.5 Å². The first-order valence-electron chi connectivity index (χ1n) is 8.12. The van der Waals surface area contributed by atoms with Crippen molar-refractivity contribution in [2.75, 3.05) is 25.6 Å². The highest BCUT2D eigenvalue weighted by Gasteiger charge is 2.17. The average Bonchev–Trinajstić information content (AvgIpc) is 2.96. The van der Waals surface area contributed by atoms with Crippen LogP contribution in [0, 0.1) is 0 Å². The lowest BCUT2D eigenvalue weighted by atomic mass is 10.2. The third kappa shape index (κ3) is 2.89. The van der Waals surface area contributed by atoms with Gasteiger partial charge < -0.3 is 9.64 Å². The van der Waals surface area contributed by atoms with Crippen molar-refractivity contribution in [2.45, 2.75) is 32.9 Å². The average molecular weight is 346 g/mol. The fourth-order valence-electron chi connectivity index (χ4n) is 2.83. The number of ether oxygens (including phenoxy) is 1. The first-order chi connectivity index (χ1) is 11.6. The minimum Gasteiger partial charge on any atom is -0.377 e. The van der Waals surface area contributed by atoms with E-state index in [4.69, 9.17) is 4.74 Å². The Morgan fingerprint density at radius 1 is 1.33 bits per heavy atom. The molecule has 3 aromatic heterocycles. The Balaban J connectivity index is 2.15. The van der Waals surface area contributed by atoms with Gasteiger partial charge in [-0.05, 0) is 19.4 Å². The van der Waals surface area contributed by atoms with E-state index >= 15 is 0 Å². The molecule has 0 aliphatic rings. The molecule has 0 fully saturated rings. The zero-order valence-corrected chi connectivity index (χ0v) is 15.3. The molecule has 128 valence electrons. The Morgan fingerprint density at radius 2 is 2.12 bits per heavy atom. The monoisotopic (exact) mass is 346 g/mol. The first-order valence-corrected chi connectivity index (χ1v) is 8.94. The summed E-state index contributed by atoms with van der Waals surface area (Å²) >= 11 is 1.41. The van der Waals surface area contributed by atoms with Gasteiger partial charge in [0.25, 0.3) is 5.56 Å². The zero-order chi connectivity index (χ0) is 17.3. The number of nitrogens with zero attached hydrogens (tertiary/aromatic N) is 4. The summed E-state index contributed by atoms with van der Waals surface area (Å²) in [6.07, 6.45) is 4.28. The van der Waals surface area contributed by atoms with Gasteiger partial charge in [0.2, 0.25) is 0 Å². The predicted octanol–water partition coefficient (Wildman–Crippen LogP) is 2.89. The van der Waals surface area contributed by atoms with Crippen molar-refractivity contribution in [3.8, 4) is 0 Å². The van der Waals surface area contributed by atoms with Gasteiger partial charge in [-0.25, -0.2) is 9.97 Å². The van der Waals surface area contributed by atoms with E-state index in [1.807, 2.05) is 32.0 Å². The molecule has 7 heteroatoms. The topological polar surface area (TPSA) is 60.2 Å². The van der Waals surface area contributed by atoms with E-state index < -0.39 is 0 Å². The summed E-state index contributed by atoms with van der Waals surface area (Å²) in [7, 11) is 3.96. The van der Waals surface area contributed by atoms with Gasteiger partial charge in [0.15, 0.2) is 0 Å². The summed E-state index contributed by atoms with van der Waals surface area (Å²) < 4.78 is 7.97. The molecule has 3 rings (SSSR count). The van der Waals surface area contributed by atoms with Gasteiger partial charge in [-0.15, -0.1) is 11.3 Å². The van der Waals surface area contributed by atoms with E-state index in [-0.39, 0.29) is 11.7 Å².